The molecule has 0 bridgehead atoms. The van der Waals surface area contributed by atoms with Crippen molar-refractivity contribution in [2.24, 2.45) is 0 Å². The van der Waals surface area contributed by atoms with E-state index in [0.717, 1.165) is 16.7 Å². The molecule has 1 aromatic heterocycles. The van der Waals surface area contributed by atoms with Crippen LogP contribution in [0.4, 0.5) is 0 Å². The third kappa shape index (κ3) is 4.82. The number of nitrogens with zero attached hydrogens (tertiary/aromatic N) is 3. The van der Waals surface area contributed by atoms with E-state index < -0.39 is 9.84 Å². The summed E-state index contributed by atoms with van der Waals surface area (Å²) in [5.41, 5.74) is 2.69. The lowest BCUT2D eigenvalue weighted by atomic mass is 9.87. The Labute approximate surface area is 166 Å². The van der Waals surface area contributed by atoms with E-state index in [1.807, 2.05) is 4.57 Å². The summed E-state index contributed by atoms with van der Waals surface area (Å²) >= 11 is 1.63. The predicted octanol–water partition coefficient (Wildman–Crippen LogP) is 3.96. The van der Waals surface area contributed by atoms with Crippen LogP contribution in [0, 0.1) is 0 Å². The Morgan fingerprint density at radius 3 is 2.52 bits per heavy atom. The van der Waals surface area contributed by atoms with Crippen LogP contribution in [-0.2, 0) is 27.5 Å². The molecule has 1 fully saturated rings. The third-order valence-electron chi connectivity index (χ3n) is 4.84. The number of hydrogen-bond donors (Lipinski definition) is 0. The smallest absolute Gasteiger partial charge is 0.191 e. The summed E-state index contributed by atoms with van der Waals surface area (Å²) in [6, 6.07) is 8.68. The van der Waals surface area contributed by atoms with E-state index in [-0.39, 0.29) is 22.8 Å². The molecule has 2 aromatic rings. The fourth-order valence-electron chi connectivity index (χ4n) is 3.26. The van der Waals surface area contributed by atoms with E-state index in [1.54, 1.807) is 17.8 Å². The zero-order chi connectivity index (χ0) is 19.7. The lowest BCUT2D eigenvalue weighted by Crippen LogP contribution is -2.11. The van der Waals surface area contributed by atoms with Gasteiger partial charge in [-0.1, -0.05) is 62.9 Å². The summed E-state index contributed by atoms with van der Waals surface area (Å²) in [6.45, 7) is 11.0. The second-order valence-electron chi connectivity index (χ2n) is 8.08. The van der Waals surface area contributed by atoms with Crippen LogP contribution in [-0.4, -0.2) is 34.7 Å². The molecule has 3 rings (SSSR count). The maximum absolute atomic E-state index is 11.8. The number of allylic oxidation sites excluding steroid dienone is 1. The lowest BCUT2D eigenvalue weighted by Gasteiger charge is -2.19. The van der Waals surface area contributed by atoms with Crippen LogP contribution >= 0.6 is 11.8 Å². The Morgan fingerprint density at radius 1 is 1.26 bits per heavy atom. The summed E-state index contributed by atoms with van der Waals surface area (Å²) in [6.07, 6.45) is 2.43. The lowest BCUT2D eigenvalue weighted by molar-refractivity contribution is 0.590. The largest absolute Gasteiger partial charge is 0.302 e. The molecule has 2 heterocycles. The van der Waals surface area contributed by atoms with Gasteiger partial charge in [-0.15, -0.1) is 16.8 Å². The molecule has 1 aliphatic heterocycles. The van der Waals surface area contributed by atoms with Gasteiger partial charge < -0.3 is 4.57 Å². The highest BCUT2D eigenvalue weighted by molar-refractivity contribution is 7.98. The van der Waals surface area contributed by atoms with Gasteiger partial charge in [0, 0.05) is 18.2 Å². The molecule has 27 heavy (non-hydrogen) atoms. The normalized spacial score (nSPS) is 19.3. The Balaban J connectivity index is 1.74. The maximum Gasteiger partial charge on any atom is 0.191 e. The average molecular weight is 406 g/mol. The first-order chi connectivity index (χ1) is 12.7. The standard InChI is InChI=1S/C20H27N3O2S2/c1-5-11-23-18(16-10-12-27(24,25)14-16)21-22-19(23)26-13-15-6-8-17(9-7-15)20(2,3)4/h5-9,16H,1,10-14H2,2-4H3. The van der Waals surface area contributed by atoms with Gasteiger partial charge >= 0.3 is 0 Å². The average Bonchev–Trinajstić information content (AvgIpc) is 3.16. The maximum atomic E-state index is 11.8. The summed E-state index contributed by atoms with van der Waals surface area (Å²) in [5, 5.41) is 9.47. The van der Waals surface area contributed by atoms with Gasteiger partial charge in [-0.3, -0.25) is 0 Å². The summed E-state index contributed by atoms with van der Waals surface area (Å²) in [5.74, 6) is 1.90. The molecule has 0 aliphatic carbocycles. The highest BCUT2D eigenvalue weighted by Gasteiger charge is 2.33. The molecule has 0 N–H and O–H groups in total. The molecule has 0 radical (unpaired) electrons. The Hall–Kier alpha value is -1.60. The minimum Gasteiger partial charge on any atom is -0.302 e. The zero-order valence-electron chi connectivity index (χ0n) is 16.2. The van der Waals surface area contributed by atoms with Crippen molar-refractivity contribution in [2.75, 3.05) is 11.5 Å². The summed E-state index contributed by atoms with van der Waals surface area (Å²) in [7, 11) is -2.95. The molecule has 0 saturated carbocycles. The van der Waals surface area contributed by atoms with Crippen LogP contribution in [0.25, 0.3) is 0 Å². The minimum atomic E-state index is -2.95. The zero-order valence-corrected chi connectivity index (χ0v) is 17.8. The molecule has 1 atom stereocenters. The van der Waals surface area contributed by atoms with Crippen LogP contribution < -0.4 is 0 Å². The molecule has 0 amide bonds. The van der Waals surface area contributed by atoms with Crippen molar-refractivity contribution in [3.05, 3.63) is 53.9 Å². The van der Waals surface area contributed by atoms with Gasteiger partial charge in [0.25, 0.3) is 0 Å². The monoisotopic (exact) mass is 405 g/mol. The quantitative estimate of drug-likeness (QED) is 0.538. The van der Waals surface area contributed by atoms with E-state index in [1.165, 1.54) is 11.1 Å². The molecule has 5 nitrogen and oxygen atoms in total. The highest BCUT2D eigenvalue weighted by Crippen LogP contribution is 2.31. The first kappa shape index (κ1) is 20.1. The molecule has 1 saturated heterocycles. The van der Waals surface area contributed by atoms with E-state index >= 15 is 0 Å². The number of hydrogen-bond acceptors (Lipinski definition) is 5. The predicted molar refractivity (Wildman–Crippen MR) is 111 cm³/mol. The number of rotatable bonds is 6. The first-order valence-corrected chi connectivity index (χ1v) is 12.0. The summed E-state index contributed by atoms with van der Waals surface area (Å²) in [4.78, 5) is 0. The highest BCUT2D eigenvalue weighted by atomic mass is 32.2. The fourth-order valence-corrected chi connectivity index (χ4v) is 5.91. The molecule has 1 aromatic carbocycles. The van der Waals surface area contributed by atoms with E-state index in [0.29, 0.717) is 13.0 Å². The number of thioether (sulfide) groups is 1. The second kappa shape index (κ2) is 7.80. The van der Waals surface area contributed by atoms with Gasteiger partial charge in [-0.05, 0) is 23.0 Å². The third-order valence-corrected chi connectivity index (χ3v) is 7.65. The van der Waals surface area contributed by atoms with Crippen LogP contribution in [0.3, 0.4) is 0 Å². The topological polar surface area (TPSA) is 64.8 Å². The Morgan fingerprint density at radius 2 is 1.96 bits per heavy atom. The Bertz CT molecular complexity index is 910. The van der Waals surface area contributed by atoms with Gasteiger partial charge in [0.1, 0.15) is 5.82 Å². The van der Waals surface area contributed by atoms with Crippen LogP contribution in [0.15, 0.2) is 42.1 Å². The van der Waals surface area contributed by atoms with Gasteiger partial charge in [0.05, 0.1) is 11.5 Å². The number of aromatic nitrogens is 3. The van der Waals surface area contributed by atoms with Crippen molar-refractivity contribution in [3.8, 4) is 0 Å². The fraction of sp³-hybridized carbons (Fsp3) is 0.500. The van der Waals surface area contributed by atoms with Crippen molar-refractivity contribution in [3.63, 3.8) is 0 Å². The minimum absolute atomic E-state index is 0.0668. The Kier molecular flexibility index (Phi) is 5.82. The van der Waals surface area contributed by atoms with Crippen molar-refractivity contribution >= 4 is 21.6 Å². The number of sulfone groups is 1. The summed E-state index contributed by atoms with van der Waals surface area (Å²) < 4.78 is 25.6. The van der Waals surface area contributed by atoms with Gasteiger partial charge in [0.2, 0.25) is 0 Å². The van der Waals surface area contributed by atoms with E-state index in [2.05, 4.69) is 61.8 Å². The molecule has 1 unspecified atom stereocenters. The van der Waals surface area contributed by atoms with Crippen molar-refractivity contribution in [1.82, 2.24) is 14.8 Å². The van der Waals surface area contributed by atoms with Crippen LogP contribution in [0.2, 0.25) is 0 Å². The van der Waals surface area contributed by atoms with Gasteiger partial charge in [0.15, 0.2) is 15.0 Å². The second-order valence-corrected chi connectivity index (χ2v) is 11.2. The molecule has 1 aliphatic rings. The van der Waals surface area contributed by atoms with Crippen molar-refractivity contribution in [1.29, 1.82) is 0 Å². The molecular formula is C20H27N3O2S2. The molecule has 0 spiro atoms. The van der Waals surface area contributed by atoms with Crippen LogP contribution in [0.5, 0.6) is 0 Å². The van der Waals surface area contributed by atoms with Crippen LogP contribution in [0.1, 0.15) is 50.1 Å². The van der Waals surface area contributed by atoms with Crippen molar-refractivity contribution < 1.29 is 8.42 Å². The first-order valence-electron chi connectivity index (χ1n) is 9.16. The van der Waals surface area contributed by atoms with Gasteiger partial charge in [-0.2, -0.15) is 0 Å². The van der Waals surface area contributed by atoms with E-state index in [4.69, 9.17) is 0 Å². The molecule has 146 valence electrons. The van der Waals surface area contributed by atoms with Crippen molar-refractivity contribution in [2.45, 2.75) is 56.0 Å². The van der Waals surface area contributed by atoms with E-state index in [9.17, 15) is 8.42 Å². The molecular weight excluding hydrogens is 378 g/mol. The SMILES string of the molecule is C=CCn1c(SCc2ccc(C(C)(C)C)cc2)nnc1C1CCS(=O)(=O)C1. The number of benzene rings is 1. The molecule has 7 heteroatoms. The van der Waals surface area contributed by atoms with Gasteiger partial charge in [-0.25, -0.2) is 8.42 Å².